The number of nitrogens with zero attached hydrogens (tertiary/aromatic N) is 2. The molecular formula is C10H12N4O. The summed E-state index contributed by atoms with van der Waals surface area (Å²) in [6.07, 6.45) is 1.94. The Hall–Kier alpha value is -2.09. The molecule has 5 heteroatoms. The first-order valence-electron chi connectivity index (χ1n) is 4.57. The minimum absolute atomic E-state index is 0.0288. The van der Waals surface area contributed by atoms with Crippen molar-refractivity contribution in [3.05, 3.63) is 23.9 Å². The fraction of sp³-hybridized carbons (Fsp3) is 0.300. The molecule has 0 bridgehead atoms. The summed E-state index contributed by atoms with van der Waals surface area (Å²) in [6, 6.07) is 5.29. The van der Waals surface area contributed by atoms with Gasteiger partial charge in [0.1, 0.15) is 5.82 Å². The molecule has 1 rings (SSSR count). The van der Waals surface area contributed by atoms with Gasteiger partial charge in [-0.05, 0) is 12.1 Å². The molecule has 5 nitrogen and oxygen atoms in total. The van der Waals surface area contributed by atoms with Crippen molar-refractivity contribution >= 4 is 11.7 Å². The van der Waals surface area contributed by atoms with Crippen LogP contribution in [0.25, 0.3) is 0 Å². The van der Waals surface area contributed by atoms with Gasteiger partial charge in [-0.3, -0.25) is 4.79 Å². The molecule has 0 fully saturated rings. The summed E-state index contributed by atoms with van der Waals surface area (Å²) in [6.45, 7) is 0.502. The van der Waals surface area contributed by atoms with Crippen molar-refractivity contribution in [2.75, 3.05) is 18.9 Å². The van der Waals surface area contributed by atoms with Gasteiger partial charge in [0.15, 0.2) is 0 Å². The van der Waals surface area contributed by atoms with E-state index in [1.165, 1.54) is 0 Å². The van der Waals surface area contributed by atoms with Crippen molar-refractivity contribution in [1.82, 2.24) is 10.3 Å². The molecule has 0 aliphatic rings. The number of pyridine rings is 1. The summed E-state index contributed by atoms with van der Waals surface area (Å²) in [4.78, 5) is 14.9. The maximum Gasteiger partial charge on any atom is 0.221 e. The molecule has 0 aliphatic carbocycles. The summed E-state index contributed by atoms with van der Waals surface area (Å²) in [5.74, 6) is 0.580. The zero-order chi connectivity index (χ0) is 11.1. The Kier molecular flexibility index (Phi) is 4.10. The number of hydrogen-bond donors (Lipinski definition) is 2. The molecule has 0 aliphatic heterocycles. The standard InChI is InChI=1S/C10H12N4O/c1-12-10(15)3-5-14-9-6-8(7-11)2-4-13-9/h2,4,6H,3,5H2,1H3,(H,12,15)(H,13,14). The van der Waals surface area contributed by atoms with Gasteiger partial charge in [-0.2, -0.15) is 5.26 Å². The fourth-order valence-corrected chi connectivity index (χ4v) is 1.03. The van der Waals surface area contributed by atoms with Crippen LogP contribution >= 0.6 is 0 Å². The highest BCUT2D eigenvalue weighted by molar-refractivity contribution is 5.76. The van der Waals surface area contributed by atoms with Crippen molar-refractivity contribution in [3.8, 4) is 6.07 Å². The minimum Gasteiger partial charge on any atom is -0.370 e. The highest BCUT2D eigenvalue weighted by atomic mass is 16.1. The first-order valence-corrected chi connectivity index (χ1v) is 4.57. The number of carbonyl (C=O) groups is 1. The topological polar surface area (TPSA) is 77.8 Å². The number of amides is 1. The second kappa shape index (κ2) is 5.60. The van der Waals surface area contributed by atoms with Crippen molar-refractivity contribution in [1.29, 1.82) is 5.26 Å². The van der Waals surface area contributed by atoms with Crippen LogP contribution in [0.5, 0.6) is 0 Å². The molecule has 0 radical (unpaired) electrons. The van der Waals surface area contributed by atoms with Gasteiger partial charge in [-0.15, -0.1) is 0 Å². The van der Waals surface area contributed by atoms with Crippen LogP contribution in [0.1, 0.15) is 12.0 Å². The Morgan fingerprint density at radius 1 is 1.67 bits per heavy atom. The highest BCUT2D eigenvalue weighted by Gasteiger charge is 1.98. The second-order valence-electron chi connectivity index (χ2n) is 2.89. The first-order chi connectivity index (χ1) is 7.26. The Morgan fingerprint density at radius 2 is 2.47 bits per heavy atom. The Bertz CT molecular complexity index is 383. The molecule has 0 atom stereocenters. The van der Waals surface area contributed by atoms with E-state index < -0.39 is 0 Å². The molecule has 78 valence electrons. The smallest absolute Gasteiger partial charge is 0.221 e. The predicted octanol–water partition coefficient (Wildman–Crippen LogP) is 0.501. The van der Waals surface area contributed by atoms with Gasteiger partial charge in [0.05, 0.1) is 11.6 Å². The van der Waals surface area contributed by atoms with Crippen LogP contribution in [0.3, 0.4) is 0 Å². The van der Waals surface area contributed by atoms with E-state index in [4.69, 9.17) is 5.26 Å². The van der Waals surface area contributed by atoms with E-state index in [-0.39, 0.29) is 5.91 Å². The van der Waals surface area contributed by atoms with E-state index in [9.17, 15) is 4.79 Å². The monoisotopic (exact) mass is 204 g/mol. The number of nitrogens with one attached hydrogen (secondary N) is 2. The van der Waals surface area contributed by atoms with Crippen LogP contribution in [0.15, 0.2) is 18.3 Å². The Labute approximate surface area is 88.1 Å². The maximum atomic E-state index is 10.9. The van der Waals surface area contributed by atoms with Crippen LogP contribution in [0, 0.1) is 11.3 Å². The zero-order valence-electron chi connectivity index (χ0n) is 8.45. The second-order valence-corrected chi connectivity index (χ2v) is 2.89. The van der Waals surface area contributed by atoms with Gasteiger partial charge in [0, 0.05) is 26.2 Å². The number of aromatic nitrogens is 1. The predicted molar refractivity (Wildman–Crippen MR) is 56.1 cm³/mol. The van der Waals surface area contributed by atoms with Crippen molar-refractivity contribution in [2.45, 2.75) is 6.42 Å². The molecule has 2 N–H and O–H groups in total. The number of carbonyl (C=O) groups excluding carboxylic acids is 1. The number of rotatable bonds is 4. The first kappa shape index (κ1) is 11.0. The molecule has 1 amide bonds. The third-order valence-electron chi connectivity index (χ3n) is 1.83. The van der Waals surface area contributed by atoms with Crippen LogP contribution in [-0.4, -0.2) is 24.5 Å². The molecular weight excluding hydrogens is 192 g/mol. The number of anilines is 1. The van der Waals surface area contributed by atoms with Crippen molar-refractivity contribution < 1.29 is 4.79 Å². The van der Waals surface area contributed by atoms with Crippen molar-refractivity contribution in [3.63, 3.8) is 0 Å². The van der Waals surface area contributed by atoms with Crippen molar-refractivity contribution in [2.24, 2.45) is 0 Å². The van der Waals surface area contributed by atoms with E-state index >= 15 is 0 Å². The normalized spacial score (nSPS) is 9.07. The molecule has 0 aromatic carbocycles. The lowest BCUT2D eigenvalue weighted by Gasteiger charge is -2.04. The molecule has 0 saturated heterocycles. The highest BCUT2D eigenvalue weighted by Crippen LogP contribution is 2.04. The number of hydrogen-bond acceptors (Lipinski definition) is 4. The Morgan fingerprint density at radius 3 is 3.13 bits per heavy atom. The van der Waals surface area contributed by atoms with Crippen LogP contribution in [0.2, 0.25) is 0 Å². The average Bonchev–Trinajstić information content (AvgIpc) is 2.29. The van der Waals surface area contributed by atoms with Gasteiger partial charge in [-0.1, -0.05) is 0 Å². The summed E-state index contributed by atoms with van der Waals surface area (Å²) in [5, 5.41) is 14.1. The van der Waals surface area contributed by atoms with Crippen LogP contribution < -0.4 is 10.6 Å². The third-order valence-corrected chi connectivity index (χ3v) is 1.83. The van der Waals surface area contributed by atoms with E-state index in [2.05, 4.69) is 15.6 Å². The van der Waals surface area contributed by atoms with E-state index in [0.29, 0.717) is 24.3 Å². The lowest BCUT2D eigenvalue weighted by Crippen LogP contribution is -2.20. The molecule has 0 saturated carbocycles. The molecule has 0 spiro atoms. The Balaban J connectivity index is 2.44. The summed E-state index contributed by atoms with van der Waals surface area (Å²) in [5.41, 5.74) is 0.549. The SMILES string of the molecule is CNC(=O)CCNc1cc(C#N)ccn1. The average molecular weight is 204 g/mol. The van der Waals surface area contributed by atoms with Gasteiger partial charge >= 0.3 is 0 Å². The summed E-state index contributed by atoms with van der Waals surface area (Å²) < 4.78 is 0. The summed E-state index contributed by atoms with van der Waals surface area (Å²) >= 11 is 0. The molecule has 1 heterocycles. The number of nitriles is 1. The largest absolute Gasteiger partial charge is 0.370 e. The van der Waals surface area contributed by atoms with Gasteiger partial charge in [-0.25, -0.2) is 4.98 Å². The zero-order valence-corrected chi connectivity index (χ0v) is 8.45. The summed E-state index contributed by atoms with van der Waals surface area (Å²) in [7, 11) is 1.59. The van der Waals surface area contributed by atoms with E-state index in [1.807, 2.05) is 6.07 Å². The van der Waals surface area contributed by atoms with Gasteiger partial charge in [0.2, 0.25) is 5.91 Å². The quantitative estimate of drug-likeness (QED) is 0.748. The van der Waals surface area contributed by atoms with Crippen LogP contribution in [-0.2, 0) is 4.79 Å². The van der Waals surface area contributed by atoms with E-state index in [1.54, 1.807) is 25.4 Å². The molecule has 1 aromatic heterocycles. The van der Waals surface area contributed by atoms with E-state index in [0.717, 1.165) is 0 Å². The molecule has 0 unspecified atom stereocenters. The lowest BCUT2D eigenvalue weighted by molar-refractivity contribution is -0.120. The molecule has 1 aromatic rings. The fourth-order valence-electron chi connectivity index (χ4n) is 1.03. The maximum absolute atomic E-state index is 10.9. The van der Waals surface area contributed by atoms with Gasteiger partial charge in [0.25, 0.3) is 0 Å². The van der Waals surface area contributed by atoms with Gasteiger partial charge < -0.3 is 10.6 Å². The van der Waals surface area contributed by atoms with Crippen LogP contribution in [0.4, 0.5) is 5.82 Å². The third kappa shape index (κ3) is 3.65. The minimum atomic E-state index is -0.0288. The lowest BCUT2D eigenvalue weighted by atomic mass is 10.3. The molecule has 15 heavy (non-hydrogen) atoms.